The van der Waals surface area contributed by atoms with Crippen molar-refractivity contribution in [1.82, 2.24) is 15.1 Å². The number of thioether (sulfide) groups is 1. The summed E-state index contributed by atoms with van der Waals surface area (Å²) in [7, 11) is 0. The molecule has 1 atom stereocenters. The number of unbranched alkanes of at least 4 members (excludes halogenated alkanes) is 1. The van der Waals surface area contributed by atoms with E-state index in [-0.39, 0.29) is 5.91 Å². The number of hydrogen-bond donors (Lipinski definition) is 1. The van der Waals surface area contributed by atoms with E-state index in [1.54, 1.807) is 0 Å². The second-order valence-electron chi connectivity index (χ2n) is 7.03. The maximum atomic E-state index is 13.0. The van der Waals surface area contributed by atoms with Gasteiger partial charge in [-0.2, -0.15) is 0 Å². The fourth-order valence-corrected chi connectivity index (χ4v) is 4.65. The third-order valence-electron chi connectivity index (χ3n) is 4.84. The van der Waals surface area contributed by atoms with Crippen LogP contribution in [0.2, 0.25) is 0 Å². The molecule has 1 aromatic heterocycles. The monoisotopic (exact) mass is 404 g/mol. The highest BCUT2D eigenvalue weighted by atomic mass is 32.2. The number of nitrogens with one attached hydrogen (secondary N) is 1. The Morgan fingerprint density at radius 2 is 2.11 bits per heavy atom. The highest BCUT2D eigenvalue weighted by Gasteiger charge is 2.34. The molecule has 1 aliphatic rings. The molecule has 1 aliphatic carbocycles. The van der Waals surface area contributed by atoms with Gasteiger partial charge < -0.3 is 10.2 Å². The van der Waals surface area contributed by atoms with Crippen molar-refractivity contribution in [2.45, 2.75) is 56.5 Å². The van der Waals surface area contributed by atoms with Gasteiger partial charge in [0.2, 0.25) is 11.0 Å². The molecule has 2 aromatic rings. The molecule has 0 radical (unpaired) electrons. The molecule has 0 saturated heterocycles. The SMILES string of the molecule is CCCCNc1nnc(SCC(=O)N(Cc2ccccc2)C(C)C2CC2)s1. The molecule has 1 aromatic carbocycles. The predicted molar refractivity (Wildman–Crippen MR) is 113 cm³/mol. The molecule has 1 fully saturated rings. The average molecular weight is 405 g/mol. The summed E-state index contributed by atoms with van der Waals surface area (Å²) in [4.78, 5) is 15.0. The summed E-state index contributed by atoms with van der Waals surface area (Å²) < 4.78 is 0.848. The van der Waals surface area contributed by atoms with Gasteiger partial charge in [0.05, 0.1) is 5.75 Å². The van der Waals surface area contributed by atoms with Gasteiger partial charge in [0, 0.05) is 19.1 Å². The van der Waals surface area contributed by atoms with Crippen molar-refractivity contribution >= 4 is 34.1 Å². The number of nitrogens with zero attached hydrogens (tertiary/aromatic N) is 3. The second-order valence-corrected chi connectivity index (χ2v) is 9.23. The first-order chi connectivity index (χ1) is 13.2. The van der Waals surface area contributed by atoms with Crippen LogP contribution in [0.25, 0.3) is 0 Å². The molecule has 0 bridgehead atoms. The Bertz CT molecular complexity index is 718. The predicted octanol–water partition coefficient (Wildman–Crippen LogP) is 4.67. The molecule has 1 amide bonds. The van der Waals surface area contributed by atoms with Crippen molar-refractivity contribution in [2.24, 2.45) is 5.92 Å². The van der Waals surface area contributed by atoms with Crippen molar-refractivity contribution in [2.75, 3.05) is 17.6 Å². The molecule has 27 heavy (non-hydrogen) atoms. The molecular weight excluding hydrogens is 376 g/mol. The third-order valence-corrected chi connectivity index (χ3v) is 6.84. The van der Waals surface area contributed by atoms with E-state index in [2.05, 4.69) is 41.5 Å². The first-order valence-corrected chi connectivity index (χ1v) is 11.5. The summed E-state index contributed by atoms with van der Waals surface area (Å²) in [6.07, 6.45) is 4.73. The van der Waals surface area contributed by atoms with Crippen LogP contribution < -0.4 is 5.32 Å². The molecule has 1 saturated carbocycles. The molecular formula is C20H28N4OS2. The van der Waals surface area contributed by atoms with E-state index in [1.165, 1.54) is 41.5 Å². The second kappa shape index (κ2) is 10.1. The van der Waals surface area contributed by atoms with Crippen molar-refractivity contribution in [3.8, 4) is 0 Å². The van der Waals surface area contributed by atoms with E-state index in [4.69, 9.17) is 0 Å². The number of amides is 1. The van der Waals surface area contributed by atoms with E-state index in [1.807, 2.05) is 23.1 Å². The number of carbonyl (C=O) groups excluding carboxylic acids is 1. The average Bonchev–Trinajstić information content (AvgIpc) is 3.44. The van der Waals surface area contributed by atoms with E-state index in [0.717, 1.165) is 28.9 Å². The lowest BCUT2D eigenvalue weighted by molar-refractivity contribution is -0.131. The van der Waals surface area contributed by atoms with Crippen LogP contribution in [0.15, 0.2) is 34.7 Å². The lowest BCUT2D eigenvalue weighted by atomic mass is 10.1. The smallest absolute Gasteiger partial charge is 0.233 e. The quantitative estimate of drug-likeness (QED) is 0.436. The first kappa shape index (κ1) is 20.1. The Hall–Kier alpha value is -1.60. The summed E-state index contributed by atoms with van der Waals surface area (Å²) in [6.45, 7) is 5.94. The van der Waals surface area contributed by atoms with Crippen LogP contribution in [0, 0.1) is 5.92 Å². The van der Waals surface area contributed by atoms with Crippen LogP contribution >= 0.6 is 23.1 Å². The largest absolute Gasteiger partial charge is 0.360 e. The summed E-state index contributed by atoms with van der Waals surface area (Å²) in [5, 5.41) is 12.5. The molecule has 1 unspecified atom stereocenters. The van der Waals surface area contributed by atoms with Crippen molar-refractivity contribution in [1.29, 1.82) is 0 Å². The minimum atomic E-state index is 0.180. The Kier molecular flexibility index (Phi) is 7.52. The topological polar surface area (TPSA) is 58.1 Å². The van der Waals surface area contributed by atoms with Crippen LogP contribution in [0.1, 0.15) is 45.1 Å². The van der Waals surface area contributed by atoms with Gasteiger partial charge in [-0.15, -0.1) is 10.2 Å². The van der Waals surface area contributed by atoms with Gasteiger partial charge in [0.15, 0.2) is 4.34 Å². The number of aromatic nitrogens is 2. The fraction of sp³-hybridized carbons (Fsp3) is 0.550. The fourth-order valence-electron chi connectivity index (χ4n) is 2.99. The van der Waals surface area contributed by atoms with Gasteiger partial charge in [-0.25, -0.2) is 0 Å². The number of rotatable bonds is 11. The summed E-state index contributed by atoms with van der Waals surface area (Å²) in [5.41, 5.74) is 1.18. The molecule has 146 valence electrons. The molecule has 0 aliphatic heterocycles. The molecule has 1 heterocycles. The van der Waals surface area contributed by atoms with Gasteiger partial charge in [0.1, 0.15) is 0 Å². The van der Waals surface area contributed by atoms with Crippen LogP contribution in [-0.4, -0.2) is 39.3 Å². The zero-order chi connectivity index (χ0) is 19.1. The highest BCUT2D eigenvalue weighted by Crippen LogP contribution is 2.36. The number of anilines is 1. The Labute approximate surface area is 170 Å². The summed E-state index contributed by atoms with van der Waals surface area (Å²) in [5.74, 6) is 1.24. The first-order valence-electron chi connectivity index (χ1n) is 9.71. The van der Waals surface area contributed by atoms with Crippen LogP contribution in [0.4, 0.5) is 5.13 Å². The lowest BCUT2D eigenvalue weighted by Crippen LogP contribution is -2.40. The van der Waals surface area contributed by atoms with Crippen molar-refractivity contribution in [3.05, 3.63) is 35.9 Å². The van der Waals surface area contributed by atoms with Crippen LogP contribution in [0.3, 0.4) is 0 Å². The van der Waals surface area contributed by atoms with Gasteiger partial charge in [-0.05, 0) is 37.7 Å². The van der Waals surface area contributed by atoms with Gasteiger partial charge in [-0.1, -0.05) is 66.8 Å². The van der Waals surface area contributed by atoms with E-state index in [9.17, 15) is 4.79 Å². The van der Waals surface area contributed by atoms with E-state index < -0.39 is 0 Å². The normalized spacial score (nSPS) is 14.7. The maximum absolute atomic E-state index is 13.0. The molecule has 3 rings (SSSR count). The summed E-state index contributed by atoms with van der Waals surface area (Å²) in [6, 6.07) is 10.5. The van der Waals surface area contributed by atoms with Crippen molar-refractivity contribution < 1.29 is 4.79 Å². The highest BCUT2D eigenvalue weighted by molar-refractivity contribution is 8.01. The zero-order valence-electron chi connectivity index (χ0n) is 16.1. The van der Waals surface area contributed by atoms with Gasteiger partial charge in [-0.3, -0.25) is 4.79 Å². The maximum Gasteiger partial charge on any atom is 0.233 e. The number of hydrogen-bond acceptors (Lipinski definition) is 6. The number of benzene rings is 1. The van der Waals surface area contributed by atoms with Gasteiger partial charge >= 0.3 is 0 Å². The van der Waals surface area contributed by atoms with Gasteiger partial charge in [0.25, 0.3) is 0 Å². The molecule has 1 N–H and O–H groups in total. The molecule has 0 spiro atoms. The van der Waals surface area contributed by atoms with Crippen LogP contribution in [0.5, 0.6) is 0 Å². The van der Waals surface area contributed by atoms with Crippen molar-refractivity contribution in [3.63, 3.8) is 0 Å². The summed E-state index contributed by atoms with van der Waals surface area (Å²) >= 11 is 3.02. The van der Waals surface area contributed by atoms with E-state index in [0.29, 0.717) is 24.3 Å². The lowest BCUT2D eigenvalue weighted by Gasteiger charge is -2.29. The number of carbonyl (C=O) groups is 1. The van der Waals surface area contributed by atoms with Crippen LogP contribution in [-0.2, 0) is 11.3 Å². The van der Waals surface area contributed by atoms with E-state index >= 15 is 0 Å². The molecule has 7 heteroatoms. The Morgan fingerprint density at radius 3 is 2.81 bits per heavy atom. The standard InChI is InChI=1S/C20H28N4OS2/c1-3-4-12-21-19-22-23-20(27-19)26-14-18(25)24(15(2)17-10-11-17)13-16-8-6-5-7-9-16/h5-9,15,17H,3-4,10-14H2,1-2H3,(H,21,22). The minimum Gasteiger partial charge on any atom is -0.360 e. The minimum absolute atomic E-state index is 0.180. The third kappa shape index (κ3) is 6.21. The zero-order valence-corrected chi connectivity index (χ0v) is 17.7. The Morgan fingerprint density at radius 1 is 1.33 bits per heavy atom. The molecule has 5 nitrogen and oxygen atoms in total. The Balaban J connectivity index is 1.55.